The summed E-state index contributed by atoms with van der Waals surface area (Å²) in [7, 11) is 0. The Morgan fingerprint density at radius 1 is 1.25 bits per heavy atom. The number of hydrogen-bond donors (Lipinski definition) is 2. The van der Waals surface area contributed by atoms with Crippen LogP contribution < -0.4 is 11.1 Å². The molecule has 198 valence electrons. The van der Waals surface area contributed by atoms with Gasteiger partial charge in [-0.1, -0.05) is 6.92 Å². The molecule has 0 bridgehead atoms. The Morgan fingerprint density at radius 3 is 2.72 bits per heavy atom. The maximum atomic E-state index is 13.7. The molecule has 10 heteroatoms. The first-order chi connectivity index (χ1) is 17.0. The zero-order valence-electron chi connectivity index (χ0n) is 21.5. The third-order valence-electron chi connectivity index (χ3n) is 8.25. The van der Waals surface area contributed by atoms with Gasteiger partial charge in [0.1, 0.15) is 0 Å². The predicted octanol–water partition coefficient (Wildman–Crippen LogP) is 3.94. The Hall–Kier alpha value is -2.20. The number of rotatable bonds is 5. The van der Waals surface area contributed by atoms with Crippen molar-refractivity contribution in [3.63, 3.8) is 0 Å². The van der Waals surface area contributed by atoms with E-state index in [0.717, 1.165) is 30.7 Å². The molecule has 0 spiro atoms. The van der Waals surface area contributed by atoms with Gasteiger partial charge in [0.25, 0.3) is 5.78 Å². The number of hydrogen-bond acceptors (Lipinski definition) is 6. The number of piperidine rings is 1. The smallest absolute Gasteiger partial charge is 0.251 e. The molecule has 2 aromatic heterocycles. The molecule has 3 fully saturated rings. The van der Waals surface area contributed by atoms with E-state index in [1.807, 2.05) is 0 Å². The number of alkyl halides is 2. The second-order valence-corrected chi connectivity index (χ2v) is 11.9. The zero-order chi connectivity index (χ0) is 25.7. The summed E-state index contributed by atoms with van der Waals surface area (Å²) in [6.45, 7) is 7.66. The highest BCUT2D eigenvalue weighted by Gasteiger charge is 2.38. The van der Waals surface area contributed by atoms with Crippen molar-refractivity contribution in [2.45, 2.75) is 95.6 Å². The van der Waals surface area contributed by atoms with E-state index in [1.54, 1.807) is 10.7 Å². The van der Waals surface area contributed by atoms with Crippen molar-refractivity contribution in [2.75, 3.05) is 13.2 Å². The Morgan fingerprint density at radius 2 is 2.00 bits per heavy atom. The molecule has 1 aliphatic carbocycles. The summed E-state index contributed by atoms with van der Waals surface area (Å²) in [6, 6.07) is -0.441. The number of aromatic nitrogens is 4. The number of carbonyl (C=O) groups is 1. The lowest BCUT2D eigenvalue weighted by molar-refractivity contribution is -0.127. The average molecular weight is 505 g/mol. The van der Waals surface area contributed by atoms with Crippen molar-refractivity contribution in [3.05, 3.63) is 23.3 Å². The Kier molecular flexibility index (Phi) is 6.78. The first-order valence-corrected chi connectivity index (χ1v) is 13.3. The first kappa shape index (κ1) is 25.4. The van der Waals surface area contributed by atoms with Crippen molar-refractivity contribution >= 4 is 11.7 Å². The van der Waals surface area contributed by atoms with Crippen LogP contribution in [0.3, 0.4) is 0 Å². The van der Waals surface area contributed by atoms with E-state index in [1.165, 1.54) is 0 Å². The Balaban J connectivity index is 1.47. The van der Waals surface area contributed by atoms with E-state index >= 15 is 0 Å². The maximum absolute atomic E-state index is 13.7. The lowest BCUT2D eigenvalue weighted by Crippen LogP contribution is -2.42. The van der Waals surface area contributed by atoms with Gasteiger partial charge in [0.15, 0.2) is 0 Å². The van der Waals surface area contributed by atoms with Crippen molar-refractivity contribution in [1.82, 2.24) is 24.9 Å². The molecule has 5 rings (SSSR count). The summed E-state index contributed by atoms with van der Waals surface area (Å²) < 4.78 is 34.9. The molecule has 1 saturated carbocycles. The van der Waals surface area contributed by atoms with Gasteiger partial charge in [-0.2, -0.15) is 5.10 Å². The van der Waals surface area contributed by atoms with E-state index in [2.05, 4.69) is 26.1 Å². The molecule has 0 aromatic carbocycles. The lowest BCUT2D eigenvalue weighted by atomic mass is 9.81. The number of imidazole rings is 1. The number of carbonyl (C=O) groups excluding carboxylic acids is 1. The molecule has 2 aliphatic heterocycles. The molecule has 4 atom stereocenters. The van der Waals surface area contributed by atoms with Gasteiger partial charge < -0.3 is 15.8 Å². The molecule has 3 aliphatic rings. The maximum Gasteiger partial charge on any atom is 0.251 e. The summed E-state index contributed by atoms with van der Waals surface area (Å²) in [4.78, 5) is 22.3. The molecule has 1 amide bonds. The van der Waals surface area contributed by atoms with E-state index in [-0.39, 0.29) is 42.1 Å². The minimum Gasteiger partial charge on any atom is -0.376 e. The second kappa shape index (κ2) is 9.59. The summed E-state index contributed by atoms with van der Waals surface area (Å²) in [5, 5.41) is 7.93. The summed E-state index contributed by atoms with van der Waals surface area (Å²) in [6.07, 6.45) is 5.25. The molecule has 36 heavy (non-hydrogen) atoms. The van der Waals surface area contributed by atoms with Gasteiger partial charge in [-0.15, -0.1) is 0 Å². The molecule has 4 heterocycles. The first-order valence-electron chi connectivity index (χ1n) is 13.3. The van der Waals surface area contributed by atoms with Gasteiger partial charge in [0.05, 0.1) is 34.9 Å². The zero-order valence-corrected chi connectivity index (χ0v) is 21.5. The highest BCUT2D eigenvalue weighted by molar-refractivity contribution is 5.79. The predicted molar refractivity (Wildman–Crippen MR) is 131 cm³/mol. The molecule has 3 N–H and O–H groups in total. The van der Waals surface area contributed by atoms with Crippen LogP contribution in [-0.4, -0.2) is 50.2 Å². The van der Waals surface area contributed by atoms with Gasteiger partial charge in [0, 0.05) is 44.2 Å². The number of amides is 1. The summed E-state index contributed by atoms with van der Waals surface area (Å²) >= 11 is 0. The number of ether oxygens (including phenoxy) is 1. The van der Waals surface area contributed by atoms with Gasteiger partial charge in [0.2, 0.25) is 11.8 Å². The van der Waals surface area contributed by atoms with Crippen molar-refractivity contribution in [1.29, 1.82) is 0 Å². The number of nitrogens with one attached hydrogen (secondary N) is 1. The van der Waals surface area contributed by atoms with Crippen molar-refractivity contribution < 1.29 is 18.3 Å². The van der Waals surface area contributed by atoms with Gasteiger partial charge >= 0.3 is 0 Å². The largest absolute Gasteiger partial charge is 0.376 e. The second-order valence-electron chi connectivity index (χ2n) is 11.9. The number of halogens is 2. The molecular formula is C26H38F2N6O2. The monoisotopic (exact) mass is 504 g/mol. The van der Waals surface area contributed by atoms with Crippen molar-refractivity contribution in [2.24, 2.45) is 23.5 Å². The van der Waals surface area contributed by atoms with Crippen LogP contribution in [0.4, 0.5) is 8.78 Å². The van der Waals surface area contributed by atoms with E-state index in [9.17, 15) is 13.6 Å². The van der Waals surface area contributed by atoms with E-state index in [0.29, 0.717) is 49.8 Å². The SMILES string of the molecule is C[C@@H]1CNC(=O)[C@@H](Cc2nn3cc([C@@H](N)C4CCC(F)(F)CC4)nc3nc2C2CCOC(C)(C)C2)C1. The molecule has 2 saturated heterocycles. The van der Waals surface area contributed by atoms with Crippen molar-refractivity contribution in [3.8, 4) is 0 Å². The molecule has 0 radical (unpaired) electrons. The normalized spacial score (nSPS) is 29.7. The quantitative estimate of drug-likeness (QED) is 0.639. The lowest BCUT2D eigenvalue weighted by Gasteiger charge is -2.36. The standard InChI is InChI=1S/C26H38F2N6O2/c1-15-10-18(23(35)30-13-15)11-19-22(17-6-9-36-25(2,3)12-17)32-24-31-20(14-34(24)33-19)21(29)16-4-7-26(27,28)8-5-16/h14-18,21H,4-13,29H2,1-3H3,(H,30,35)/t15-,17?,18+,21-/m0/s1. The highest BCUT2D eigenvalue weighted by Crippen LogP contribution is 2.41. The van der Waals surface area contributed by atoms with Crippen LogP contribution in [0.25, 0.3) is 5.78 Å². The third-order valence-corrected chi connectivity index (χ3v) is 8.25. The van der Waals surface area contributed by atoms with Crippen LogP contribution in [0.2, 0.25) is 0 Å². The minimum absolute atomic E-state index is 0.0443. The topological polar surface area (TPSA) is 107 Å². The summed E-state index contributed by atoms with van der Waals surface area (Å²) in [5.41, 5.74) is 8.57. The fourth-order valence-corrected chi connectivity index (χ4v) is 6.15. The highest BCUT2D eigenvalue weighted by atomic mass is 19.3. The molecule has 2 aromatic rings. The third kappa shape index (κ3) is 5.39. The van der Waals surface area contributed by atoms with Gasteiger partial charge in [-0.25, -0.2) is 23.3 Å². The Bertz CT molecular complexity index is 1110. The van der Waals surface area contributed by atoms with Crippen LogP contribution in [0.15, 0.2) is 6.20 Å². The number of nitrogens with zero attached hydrogens (tertiary/aromatic N) is 4. The van der Waals surface area contributed by atoms with E-state index < -0.39 is 12.0 Å². The van der Waals surface area contributed by atoms with Crippen LogP contribution in [0, 0.1) is 17.8 Å². The molecule has 8 nitrogen and oxygen atoms in total. The minimum atomic E-state index is -2.59. The molecular weight excluding hydrogens is 466 g/mol. The van der Waals surface area contributed by atoms with Gasteiger partial charge in [-0.3, -0.25) is 4.79 Å². The van der Waals surface area contributed by atoms with Crippen LogP contribution in [0.1, 0.15) is 94.8 Å². The fourth-order valence-electron chi connectivity index (χ4n) is 6.15. The Labute approximate surface area is 210 Å². The van der Waals surface area contributed by atoms with Crippen LogP contribution in [0.5, 0.6) is 0 Å². The van der Waals surface area contributed by atoms with Crippen LogP contribution >= 0.6 is 0 Å². The van der Waals surface area contributed by atoms with Gasteiger partial charge in [-0.05, 0) is 57.8 Å². The fraction of sp³-hybridized carbons (Fsp3) is 0.769. The van der Waals surface area contributed by atoms with E-state index in [4.69, 9.17) is 25.5 Å². The number of fused-ring (bicyclic) bond motifs is 1. The number of nitrogens with two attached hydrogens (primary N) is 1. The summed E-state index contributed by atoms with van der Waals surface area (Å²) in [5.74, 6) is -1.70. The average Bonchev–Trinajstić information content (AvgIpc) is 3.23. The van der Waals surface area contributed by atoms with Crippen LogP contribution in [-0.2, 0) is 16.0 Å². The molecule has 1 unspecified atom stereocenters.